The zero-order valence-corrected chi connectivity index (χ0v) is 15.1. The smallest absolute Gasteiger partial charge is 0.191 e. The van der Waals surface area contributed by atoms with Gasteiger partial charge in [0.25, 0.3) is 0 Å². The average Bonchev–Trinajstić information content (AvgIpc) is 2.60. The molecule has 1 saturated carbocycles. The molecule has 0 heterocycles. The lowest BCUT2D eigenvalue weighted by Crippen LogP contribution is -2.45. The van der Waals surface area contributed by atoms with Gasteiger partial charge in [0.05, 0.1) is 11.6 Å². The molecule has 130 valence electrons. The van der Waals surface area contributed by atoms with Crippen molar-refractivity contribution in [1.82, 2.24) is 10.6 Å². The summed E-state index contributed by atoms with van der Waals surface area (Å²) < 4.78 is 13.8. The average molecular weight is 348 g/mol. The maximum atomic E-state index is 13.8. The molecule has 1 aliphatic rings. The molecule has 1 fully saturated rings. The molecule has 0 spiro atoms. The lowest BCUT2D eigenvalue weighted by molar-refractivity contribution is 0.418. The first-order chi connectivity index (χ1) is 11.7. The number of guanidine groups is 1. The van der Waals surface area contributed by atoms with Crippen LogP contribution in [0.2, 0.25) is 0 Å². The highest BCUT2D eigenvalue weighted by Crippen LogP contribution is 2.28. The van der Waals surface area contributed by atoms with E-state index in [1.165, 1.54) is 25.0 Å². The Morgan fingerprint density at radius 2 is 2.29 bits per heavy atom. The molecule has 0 saturated heterocycles. The highest BCUT2D eigenvalue weighted by molar-refractivity contribution is 7.99. The maximum absolute atomic E-state index is 13.8. The molecule has 1 aromatic rings. The molecule has 0 radical (unpaired) electrons. The van der Waals surface area contributed by atoms with Gasteiger partial charge in [-0.15, -0.1) is 0 Å². The van der Waals surface area contributed by atoms with Crippen molar-refractivity contribution >= 4 is 17.7 Å². The molecule has 24 heavy (non-hydrogen) atoms. The van der Waals surface area contributed by atoms with Gasteiger partial charge in [-0.2, -0.15) is 17.0 Å². The van der Waals surface area contributed by atoms with Crippen LogP contribution in [0, 0.1) is 17.1 Å². The first kappa shape index (κ1) is 18.6. The maximum Gasteiger partial charge on any atom is 0.191 e. The van der Waals surface area contributed by atoms with E-state index >= 15 is 0 Å². The molecule has 2 unspecified atom stereocenters. The van der Waals surface area contributed by atoms with Gasteiger partial charge in [-0.3, -0.25) is 4.99 Å². The number of nitrogens with zero attached hydrogens (tertiary/aromatic N) is 2. The highest BCUT2D eigenvalue weighted by atomic mass is 32.2. The van der Waals surface area contributed by atoms with Gasteiger partial charge in [-0.05, 0) is 43.2 Å². The second-order valence-electron chi connectivity index (χ2n) is 5.93. The van der Waals surface area contributed by atoms with Crippen LogP contribution >= 0.6 is 11.8 Å². The Labute approximate surface area is 147 Å². The van der Waals surface area contributed by atoms with Crippen LogP contribution in [0.1, 0.15) is 43.7 Å². The number of rotatable bonds is 5. The quantitative estimate of drug-likeness (QED) is 0.632. The molecule has 4 nitrogen and oxygen atoms in total. The van der Waals surface area contributed by atoms with Crippen molar-refractivity contribution in [2.24, 2.45) is 4.99 Å². The molecule has 1 aromatic carbocycles. The zero-order chi connectivity index (χ0) is 17.4. The van der Waals surface area contributed by atoms with E-state index in [0.717, 1.165) is 18.6 Å². The third-order valence-corrected chi connectivity index (χ3v) is 5.45. The van der Waals surface area contributed by atoms with Crippen molar-refractivity contribution < 1.29 is 4.39 Å². The van der Waals surface area contributed by atoms with E-state index in [0.29, 0.717) is 34.9 Å². The Kier molecular flexibility index (Phi) is 7.38. The molecule has 1 aliphatic carbocycles. The van der Waals surface area contributed by atoms with E-state index in [4.69, 9.17) is 5.26 Å². The van der Waals surface area contributed by atoms with Crippen molar-refractivity contribution in [2.45, 2.75) is 50.4 Å². The SMILES string of the molecule is CCSC1CCCC(NC(=NC)NCc2cc(C#N)ccc2F)C1. The molecular weight excluding hydrogens is 323 g/mol. The third-order valence-electron chi connectivity index (χ3n) is 4.21. The number of benzene rings is 1. The van der Waals surface area contributed by atoms with E-state index in [-0.39, 0.29) is 5.82 Å². The van der Waals surface area contributed by atoms with Crippen molar-refractivity contribution in [3.05, 3.63) is 35.1 Å². The summed E-state index contributed by atoms with van der Waals surface area (Å²) in [5, 5.41) is 16.2. The fourth-order valence-corrected chi connectivity index (χ4v) is 4.18. The standard InChI is InChI=1S/C18H25FN4S/c1-3-24-16-6-4-5-15(10-16)23-18(21-2)22-12-14-9-13(11-20)7-8-17(14)19/h7-9,15-16H,3-6,10,12H2,1-2H3,(H2,21,22,23). The number of hydrogen-bond acceptors (Lipinski definition) is 3. The predicted molar refractivity (Wildman–Crippen MR) is 98.6 cm³/mol. The Hall–Kier alpha value is -1.74. The number of aliphatic imine (C=N–C) groups is 1. The lowest BCUT2D eigenvalue weighted by atomic mass is 9.95. The minimum Gasteiger partial charge on any atom is -0.354 e. The molecule has 6 heteroatoms. The van der Waals surface area contributed by atoms with Crippen molar-refractivity contribution in [3.63, 3.8) is 0 Å². The van der Waals surface area contributed by atoms with Gasteiger partial charge in [0.2, 0.25) is 0 Å². The summed E-state index contributed by atoms with van der Waals surface area (Å²) in [6.45, 7) is 2.51. The van der Waals surface area contributed by atoms with E-state index in [1.54, 1.807) is 13.1 Å². The topological polar surface area (TPSA) is 60.2 Å². The summed E-state index contributed by atoms with van der Waals surface area (Å²) in [6.07, 6.45) is 4.79. The van der Waals surface area contributed by atoms with Gasteiger partial charge >= 0.3 is 0 Å². The predicted octanol–water partition coefficient (Wildman–Crippen LogP) is 3.43. The largest absolute Gasteiger partial charge is 0.354 e. The van der Waals surface area contributed by atoms with E-state index in [9.17, 15) is 4.39 Å². The Morgan fingerprint density at radius 3 is 3.00 bits per heavy atom. The number of hydrogen-bond donors (Lipinski definition) is 2. The number of halogens is 1. The van der Waals surface area contributed by atoms with Gasteiger partial charge in [0.15, 0.2) is 5.96 Å². The van der Waals surface area contributed by atoms with Crippen LogP contribution < -0.4 is 10.6 Å². The summed E-state index contributed by atoms with van der Waals surface area (Å²) >= 11 is 2.03. The molecule has 0 aromatic heterocycles. The van der Waals surface area contributed by atoms with Gasteiger partial charge in [-0.25, -0.2) is 4.39 Å². The van der Waals surface area contributed by atoms with Crippen LogP contribution in [0.25, 0.3) is 0 Å². The summed E-state index contributed by atoms with van der Waals surface area (Å²) in [4.78, 5) is 4.24. The Morgan fingerprint density at radius 1 is 1.46 bits per heavy atom. The van der Waals surface area contributed by atoms with Crippen LogP contribution in [-0.2, 0) is 6.54 Å². The van der Waals surface area contributed by atoms with Crippen LogP contribution in [-0.4, -0.2) is 30.1 Å². The lowest BCUT2D eigenvalue weighted by Gasteiger charge is -2.30. The van der Waals surface area contributed by atoms with Crippen molar-refractivity contribution in [3.8, 4) is 6.07 Å². The minimum absolute atomic E-state index is 0.306. The third kappa shape index (κ3) is 5.41. The van der Waals surface area contributed by atoms with E-state index in [1.807, 2.05) is 17.8 Å². The van der Waals surface area contributed by atoms with Crippen LogP contribution in [0.15, 0.2) is 23.2 Å². The first-order valence-electron chi connectivity index (χ1n) is 8.43. The first-order valence-corrected chi connectivity index (χ1v) is 9.48. The molecule has 0 aliphatic heterocycles. The monoisotopic (exact) mass is 348 g/mol. The van der Waals surface area contributed by atoms with Gasteiger partial charge in [-0.1, -0.05) is 13.3 Å². The van der Waals surface area contributed by atoms with Gasteiger partial charge in [0.1, 0.15) is 5.82 Å². The number of nitriles is 1. The fraction of sp³-hybridized carbons (Fsp3) is 0.556. The summed E-state index contributed by atoms with van der Waals surface area (Å²) in [5.41, 5.74) is 0.933. The van der Waals surface area contributed by atoms with E-state index < -0.39 is 0 Å². The van der Waals surface area contributed by atoms with Crippen molar-refractivity contribution in [2.75, 3.05) is 12.8 Å². The second kappa shape index (κ2) is 9.53. The van der Waals surface area contributed by atoms with Gasteiger partial charge in [0, 0.05) is 30.4 Å². The molecule has 2 rings (SSSR count). The zero-order valence-electron chi connectivity index (χ0n) is 14.3. The molecular formula is C18H25FN4S. The number of nitrogens with one attached hydrogen (secondary N) is 2. The Bertz CT molecular complexity index is 610. The molecule has 2 atom stereocenters. The van der Waals surface area contributed by atoms with Crippen LogP contribution in [0.3, 0.4) is 0 Å². The molecule has 0 bridgehead atoms. The normalized spacial score (nSPS) is 21.2. The number of thioether (sulfide) groups is 1. The summed E-state index contributed by atoms with van der Waals surface area (Å²) in [7, 11) is 1.72. The Balaban J connectivity index is 1.90. The van der Waals surface area contributed by atoms with Crippen LogP contribution in [0.4, 0.5) is 4.39 Å². The van der Waals surface area contributed by atoms with Crippen LogP contribution in [0.5, 0.6) is 0 Å². The fourth-order valence-electron chi connectivity index (χ4n) is 3.01. The second-order valence-corrected chi connectivity index (χ2v) is 7.51. The van der Waals surface area contributed by atoms with Crippen molar-refractivity contribution in [1.29, 1.82) is 5.26 Å². The highest BCUT2D eigenvalue weighted by Gasteiger charge is 2.22. The minimum atomic E-state index is -0.311. The summed E-state index contributed by atoms with van der Waals surface area (Å²) in [5.74, 6) is 1.52. The van der Waals surface area contributed by atoms with E-state index in [2.05, 4.69) is 22.5 Å². The van der Waals surface area contributed by atoms with Gasteiger partial charge < -0.3 is 10.6 Å². The molecule has 0 amide bonds. The molecule has 2 N–H and O–H groups in total. The summed E-state index contributed by atoms with van der Waals surface area (Å²) in [6, 6.07) is 6.83.